The van der Waals surface area contributed by atoms with Gasteiger partial charge in [0.2, 0.25) is 17.6 Å². The molecule has 150 valence electrons. The molecule has 2 aromatic heterocycles. The minimum absolute atomic E-state index is 0.110. The summed E-state index contributed by atoms with van der Waals surface area (Å²) in [6.45, 7) is 0.110. The predicted octanol–water partition coefficient (Wildman–Crippen LogP) is 3.88. The van der Waals surface area contributed by atoms with Crippen LogP contribution in [0.3, 0.4) is 0 Å². The Morgan fingerprint density at radius 1 is 1.03 bits per heavy atom. The first-order valence-electron chi connectivity index (χ1n) is 9.54. The average molecular weight is 404 g/mol. The van der Waals surface area contributed by atoms with Gasteiger partial charge in [-0.2, -0.15) is 4.98 Å². The Hall–Kier alpha value is -3.81. The number of hydrogen-bond donors (Lipinski definition) is 1. The summed E-state index contributed by atoms with van der Waals surface area (Å²) in [5, 5.41) is 10.8. The van der Waals surface area contributed by atoms with E-state index in [9.17, 15) is 9.18 Å². The molecule has 0 unspecified atom stereocenters. The van der Waals surface area contributed by atoms with Crippen LogP contribution in [0, 0.1) is 5.82 Å². The molecular formula is C22H17FN4O3. The molecule has 0 spiro atoms. The maximum Gasteiger partial charge on any atom is 0.246 e. The van der Waals surface area contributed by atoms with Crippen LogP contribution < -0.4 is 5.32 Å². The summed E-state index contributed by atoms with van der Waals surface area (Å²) in [5.74, 6) is 0.472. The Balaban J connectivity index is 1.28. The summed E-state index contributed by atoms with van der Waals surface area (Å²) in [7, 11) is 0. The smallest absolute Gasteiger partial charge is 0.246 e. The Morgan fingerprint density at radius 3 is 2.57 bits per heavy atom. The third-order valence-electron chi connectivity index (χ3n) is 5.22. The summed E-state index contributed by atoms with van der Waals surface area (Å²) in [6.07, 6.45) is 1.28. The molecule has 2 aromatic carbocycles. The highest BCUT2D eigenvalue weighted by Gasteiger charge is 2.53. The zero-order valence-electron chi connectivity index (χ0n) is 15.8. The van der Waals surface area contributed by atoms with E-state index in [1.807, 2.05) is 30.3 Å². The van der Waals surface area contributed by atoms with Crippen LogP contribution in [-0.2, 0) is 16.8 Å². The van der Waals surface area contributed by atoms with Crippen LogP contribution in [0.2, 0.25) is 0 Å². The number of halogens is 1. The highest BCUT2D eigenvalue weighted by atomic mass is 19.1. The molecule has 5 rings (SSSR count). The summed E-state index contributed by atoms with van der Waals surface area (Å²) in [4.78, 5) is 17.1. The van der Waals surface area contributed by atoms with Crippen molar-refractivity contribution in [2.75, 3.05) is 0 Å². The SMILES string of the molecule is O=C(NCc1nc(-c2ccccc2)no1)C1(c2cc(-c3ccccc3F)on2)CC1. The molecule has 0 bridgehead atoms. The first kappa shape index (κ1) is 18.2. The summed E-state index contributed by atoms with van der Waals surface area (Å²) in [6, 6.07) is 17.3. The van der Waals surface area contributed by atoms with Crippen LogP contribution >= 0.6 is 0 Å². The summed E-state index contributed by atoms with van der Waals surface area (Å²) < 4.78 is 24.5. The number of amides is 1. The largest absolute Gasteiger partial charge is 0.356 e. The topological polar surface area (TPSA) is 94.1 Å². The van der Waals surface area contributed by atoms with Gasteiger partial charge in [0.25, 0.3) is 0 Å². The maximum atomic E-state index is 14.0. The lowest BCUT2D eigenvalue weighted by Gasteiger charge is -2.10. The van der Waals surface area contributed by atoms with E-state index in [0.717, 1.165) is 5.56 Å². The molecule has 2 heterocycles. The van der Waals surface area contributed by atoms with Crippen LogP contribution in [0.4, 0.5) is 4.39 Å². The van der Waals surface area contributed by atoms with Crippen LogP contribution in [0.1, 0.15) is 24.4 Å². The number of carbonyl (C=O) groups excluding carboxylic acids is 1. The minimum Gasteiger partial charge on any atom is -0.356 e. The zero-order valence-corrected chi connectivity index (χ0v) is 15.8. The van der Waals surface area contributed by atoms with E-state index in [0.29, 0.717) is 41.6 Å². The molecule has 8 heteroatoms. The summed E-state index contributed by atoms with van der Waals surface area (Å²) in [5.41, 5.74) is 0.872. The Labute approximate surface area is 170 Å². The molecule has 0 radical (unpaired) electrons. The van der Waals surface area contributed by atoms with Gasteiger partial charge < -0.3 is 14.4 Å². The normalized spacial score (nSPS) is 14.4. The highest BCUT2D eigenvalue weighted by molar-refractivity contribution is 5.90. The lowest BCUT2D eigenvalue weighted by atomic mass is 10.0. The molecule has 30 heavy (non-hydrogen) atoms. The van der Waals surface area contributed by atoms with Crippen molar-refractivity contribution >= 4 is 5.91 Å². The Morgan fingerprint density at radius 2 is 1.80 bits per heavy atom. The van der Waals surface area contributed by atoms with Gasteiger partial charge >= 0.3 is 0 Å². The molecule has 1 aliphatic rings. The van der Waals surface area contributed by atoms with Gasteiger partial charge in [0.15, 0.2) is 5.76 Å². The van der Waals surface area contributed by atoms with E-state index in [1.165, 1.54) is 6.07 Å². The van der Waals surface area contributed by atoms with E-state index >= 15 is 0 Å². The molecule has 1 aliphatic carbocycles. The van der Waals surface area contributed by atoms with Gasteiger partial charge in [-0.15, -0.1) is 0 Å². The monoisotopic (exact) mass is 404 g/mol. The zero-order chi connectivity index (χ0) is 20.6. The van der Waals surface area contributed by atoms with Crippen molar-refractivity contribution in [3.8, 4) is 22.7 Å². The van der Waals surface area contributed by atoms with Crippen LogP contribution in [-0.4, -0.2) is 21.2 Å². The van der Waals surface area contributed by atoms with Gasteiger partial charge in [-0.05, 0) is 25.0 Å². The second-order valence-electron chi connectivity index (χ2n) is 7.20. The minimum atomic E-state index is -0.769. The van der Waals surface area contributed by atoms with Crippen LogP contribution in [0.25, 0.3) is 22.7 Å². The molecular weight excluding hydrogens is 387 g/mol. The lowest BCUT2D eigenvalue weighted by Crippen LogP contribution is -2.34. The van der Waals surface area contributed by atoms with Gasteiger partial charge in [-0.3, -0.25) is 4.79 Å². The third-order valence-corrected chi connectivity index (χ3v) is 5.22. The molecule has 0 atom stereocenters. The molecule has 7 nitrogen and oxygen atoms in total. The van der Waals surface area contributed by atoms with Gasteiger partial charge in [-0.1, -0.05) is 52.8 Å². The third kappa shape index (κ3) is 3.26. The quantitative estimate of drug-likeness (QED) is 0.524. The van der Waals surface area contributed by atoms with Crippen molar-refractivity contribution in [1.82, 2.24) is 20.6 Å². The van der Waals surface area contributed by atoms with Crippen molar-refractivity contribution in [2.24, 2.45) is 0 Å². The fourth-order valence-electron chi connectivity index (χ4n) is 3.37. The van der Waals surface area contributed by atoms with E-state index < -0.39 is 11.2 Å². The molecule has 1 saturated carbocycles. The van der Waals surface area contributed by atoms with Gasteiger partial charge in [-0.25, -0.2) is 4.39 Å². The number of aromatic nitrogens is 3. The molecule has 0 aliphatic heterocycles. The molecule has 0 saturated heterocycles. The molecule has 4 aromatic rings. The van der Waals surface area contributed by atoms with E-state index in [4.69, 9.17) is 9.05 Å². The van der Waals surface area contributed by atoms with E-state index in [1.54, 1.807) is 24.3 Å². The van der Waals surface area contributed by atoms with Gasteiger partial charge in [0.1, 0.15) is 5.82 Å². The number of rotatable bonds is 6. The van der Waals surface area contributed by atoms with Crippen molar-refractivity contribution in [1.29, 1.82) is 0 Å². The van der Waals surface area contributed by atoms with Crippen LogP contribution in [0.15, 0.2) is 69.7 Å². The van der Waals surface area contributed by atoms with E-state index in [-0.39, 0.29) is 12.5 Å². The second kappa shape index (κ2) is 7.22. The molecule has 1 N–H and O–H groups in total. The average Bonchev–Trinajstić information content (AvgIpc) is 3.21. The maximum absolute atomic E-state index is 14.0. The van der Waals surface area contributed by atoms with Crippen molar-refractivity contribution < 1.29 is 18.2 Å². The Bertz CT molecular complexity index is 1200. The van der Waals surface area contributed by atoms with Crippen LogP contribution in [0.5, 0.6) is 0 Å². The summed E-state index contributed by atoms with van der Waals surface area (Å²) >= 11 is 0. The first-order valence-corrected chi connectivity index (χ1v) is 9.54. The van der Waals surface area contributed by atoms with E-state index in [2.05, 4.69) is 20.6 Å². The van der Waals surface area contributed by atoms with Gasteiger partial charge in [0, 0.05) is 11.6 Å². The van der Waals surface area contributed by atoms with Crippen molar-refractivity contribution in [2.45, 2.75) is 24.8 Å². The Kier molecular flexibility index (Phi) is 4.39. The number of hydrogen-bond acceptors (Lipinski definition) is 6. The first-order chi connectivity index (χ1) is 14.7. The standard InChI is InChI=1S/C22H17FN4O3/c23-16-9-5-4-8-15(16)17-12-18(26-29-17)22(10-11-22)21(28)24-13-19-25-20(27-30-19)14-6-2-1-3-7-14/h1-9,12H,10-11,13H2,(H,24,28). The molecule has 1 amide bonds. The fourth-order valence-corrected chi connectivity index (χ4v) is 3.37. The lowest BCUT2D eigenvalue weighted by molar-refractivity contribution is -0.124. The molecule has 1 fully saturated rings. The number of nitrogens with zero attached hydrogens (tertiary/aromatic N) is 3. The number of benzene rings is 2. The fraction of sp³-hybridized carbons (Fsp3) is 0.182. The number of carbonyl (C=O) groups is 1. The van der Waals surface area contributed by atoms with Crippen molar-refractivity contribution in [3.63, 3.8) is 0 Å². The van der Waals surface area contributed by atoms with Crippen molar-refractivity contribution in [3.05, 3.63) is 78.1 Å². The second-order valence-corrected chi connectivity index (χ2v) is 7.20. The number of nitrogens with one attached hydrogen (secondary N) is 1. The highest BCUT2D eigenvalue weighted by Crippen LogP contribution is 2.48. The van der Waals surface area contributed by atoms with Gasteiger partial charge in [0.05, 0.1) is 23.2 Å². The predicted molar refractivity (Wildman–Crippen MR) is 104 cm³/mol.